The highest BCUT2D eigenvalue weighted by molar-refractivity contribution is 5.79. The third-order valence-electron chi connectivity index (χ3n) is 4.20. The normalized spacial score (nSPS) is 12.0. The summed E-state index contributed by atoms with van der Waals surface area (Å²) in [6.07, 6.45) is 3.65. The molecule has 0 aliphatic heterocycles. The Balaban J connectivity index is 1.86. The Morgan fingerprint density at radius 2 is 1.96 bits per heavy atom. The van der Waals surface area contributed by atoms with Crippen molar-refractivity contribution in [1.82, 2.24) is 15.5 Å². The van der Waals surface area contributed by atoms with Crippen molar-refractivity contribution in [2.45, 2.75) is 33.2 Å². The first-order chi connectivity index (χ1) is 12.0. The molecule has 1 unspecified atom stereocenters. The van der Waals surface area contributed by atoms with Gasteiger partial charge in [-0.05, 0) is 49.1 Å². The fraction of sp³-hybridized carbons (Fsp3) is 0.250. The van der Waals surface area contributed by atoms with Crippen LogP contribution < -0.4 is 5.32 Å². The molecule has 1 N–H and O–H groups in total. The monoisotopic (exact) mass is 335 g/mol. The van der Waals surface area contributed by atoms with Gasteiger partial charge in [-0.2, -0.15) is 0 Å². The molecule has 3 aromatic rings. The lowest BCUT2D eigenvalue weighted by molar-refractivity contribution is -0.121. The zero-order valence-corrected chi connectivity index (χ0v) is 14.6. The minimum atomic E-state index is -0.260. The van der Waals surface area contributed by atoms with Crippen molar-refractivity contribution in [3.05, 3.63) is 82.5 Å². The molecule has 2 heterocycles. The number of nitrogens with one attached hydrogen (secondary N) is 1. The van der Waals surface area contributed by atoms with Crippen LogP contribution in [0, 0.1) is 20.8 Å². The first-order valence-electron chi connectivity index (χ1n) is 8.21. The average Bonchev–Trinajstić information content (AvgIpc) is 3.01. The van der Waals surface area contributed by atoms with E-state index in [9.17, 15) is 4.79 Å². The van der Waals surface area contributed by atoms with E-state index in [0.29, 0.717) is 5.76 Å². The smallest absolute Gasteiger partial charge is 0.228 e. The van der Waals surface area contributed by atoms with E-state index in [1.165, 1.54) is 11.1 Å². The summed E-state index contributed by atoms with van der Waals surface area (Å²) in [5.41, 5.74) is 5.13. The Morgan fingerprint density at radius 1 is 1.12 bits per heavy atom. The fourth-order valence-electron chi connectivity index (χ4n) is 2.72. The number of rotatable bonds is 5. The average molecular weight is 335 g/mol. The van der Waals surface area contributed by atoms with Crippen molar-refractivity contribution in [1.29, 1.82) is 0 Å². The van der Waals surface area contributed by atoms with Gasteiger partial charge in [0.2, 0.25) is 5.91 Å². The van der Waals surface area contributed by atoms with Gasteiger partial charge in [0.1, 0.15) is 5.76 Å². The zero-order chi connectivity index (χ0) is 17.8. The maximum atomic E-state index is 12.5. The topological polar surface area (TPSA) is 68.0 Å². The number of carbonyl (C=O) groups is 1. The maximum Gasteiger partial charge on any atom is 0.228 e. The summed E-state index contributed by atoms with van der Waals surface area (Å²) in [5.74, 6) is 0.434. The third kappa shape index (κ3) is 4.12. The summed E-state index contributed by atoms with van der Waals surface area (Å²) in [6.45, 7) is 5.97. The number of carbonyl (C=O) groups excluding carboxylic acids is 1. The molecule has 1 atom stereocenters. The maximum absolute atomic E-state index is 12.5. The van der Waals surface area contributed by atoms with Gasteiger partial charge < -0.3 is 9.84 Å². The molecule has 128 valence electrons. The van der Waals surface area contributed by atoms with Crippen LogP contribution >= 0.6 is 0 Å². The number of aryl methyl sites for hydroxylation is 3. The van der Waals surface area contributed by atoms with Crippen LogP contribution in [0.4, 0.5) is 0 Å². The molecule has 2 aromatic heterocycles. The first kappa shape index (κ1) is 16.9. The molecule has 0 aliphatic carbocycles. The molecule has 5 heteroatoms. The number of hydrogen-bond acceptors (Lipinski definition) is 4. The van der Waals surface area contributed by atoms with Gasteiger partial charge in [-0.3, -0.25) is 9.78 Å². The van der Waals surface area contributed by atoms with Gasteiger partial charge in [0.25, 0.3) is 0 Å². The summed E-state index contributed by atoms with van der Waals surface area (Å²) in [7, 11) is 0. The molecule has 0 fully saturated rings. The molecule has 0 saturated carbocycles. The highest BCUT2D eigenvalue weighted by Crippen LogP contribution is 2.23. The fourth-order valence-corrected chi connectivity index (χ4v) is 2.72. The van der Waals surface area contributed by atoms with Crippen molar-refractivity contribution >= 4 is 5.91 Å². The lowest BCUT2D eigenvalue weighted by Gasteiger charge is -2.20. The van der Waals surface area contributed by atoms with Gasteiger partial charge in [-0.1, -0.05) is 29.4 Å². The minimum Gasteiger partial charge on any atom is -0.361 e. The standard InChI is InChI=1S/C20H21N3O2/c1-13-6-7-16(9-14(13)2)20(17-5-4-8-21-12-17)22-19(24)11-18-10-15(3)23-25-18/h4-10,12,20H,11H2,1-3H3,(H,22,24). The van der Waals surface area contributed by atoms with Crippen molar-refractivity contribution in [2.75, 3.05) is 0 Å². The van der Waals surface area contributed by atoms with Crippen molar-refractivity contribution < 1.29 is 9.32 Å². The quantitative estimate of drug-likeness (QED) is 0.775. The number of nitrogens with zero attached hydrogens (tertiary/aromatic N) is 2. The SMILES string of the molecule is Cc1cc(CC(=O)NC(c2cccnc2)c2ccc(C)c(C)c2)on1. The van der Waals surface area contributed by atoms with Gasteiger partial charge in [-0.15, -0.1) is 0 Å². The largest absolute Gasteiger partial charge is 0.361 e. The van der Waals surface area contributed by atoms with Gasteiger partial charge in [0, 0.05) is 18.5 Å². The van der Waals surface area contributed by atoms with Crippen LogP contribution in [0.1, 0.15) is 39.7 Å². The van der Waals surface area contributed by atoms with Crippen LogP contribution in [0.5, 0.6) is 0 Å². The number of amides is 1. The molecule has 0 radical (unpaired) electrons. The van der Waals surface area contributed by atoms with Gasteiger partial charge in [-0.25, -0.2) is 0 Å². The van der Waals surface area contributed by atoms with Crippen LogP contribution in [0.15, 0.2) is 53.3 Å². The van der Waals surface area contributed by atoms with Crippen molar-refractivity contribution in [2.24, 2.45) is 0 Å². The Morgan fingerprint density at radius 3 is 2.60 bits per heavy atom. The summed E-state index contributed by atoms with van der Waals surface area (Å²) in [5, 5.41) is 6.91. The molecular formula is C20H21N3O2. The second kappa shape index (κ2) is 7.30. The van der Waals surface area contributed by atoms with Crippen LogP contribution in [0.3, 0.4) is 0 Å². The molecule has 1 amide bonds. The second-order valence-corrected chi connectivity index (χ2v) is 6.24. The molecule has 3 rings (SSSR count). The summed E-state index contributed by atoms with van der Waals surface area (Å²) >= 11 is 0. The molecule has 25 heavy (non-hydrogen) atoms. The Hall–Kier alpha value is -2.95. The predicted molar refractivity (Wildman–Crippen MR) is 95.1 cm³/mol. The van der Waals surface area contributed by atoms with Crippen molar-refractivity contribution in [3.63, 3.8) is 0 Å². The van der Waals surface area contributed by atoms with E-state index < -0.39 is 0 Å². The Kier molecular flexibility index (Phi) is 4.93. The van der Waals surface area contributed by atoms with E-state index >= 15 is 0 Å². The highest BCUT2D eigenvalue weighted by Gasteiger charge is 2.19. The zero-order valence-electron chi connectivity index (χ0n) is 14.6. The van der Waals surface area contributed by atoms with Crippen LogP contribution in [0.25, 0.3) is 0 Å². The summed E-state index contributed by atoms with van der Waals surface area (Å²) < 4.78 is 5.14. The van der Waals surface area contributed by atoms with Crippen molar-refractivity contribution in [3.8, 4) is 0 Å². The van der Waals surface area contributed by atoms with E-state index in [-0.39, 0.29) is 18.4 Å². The molecule has 5 nitrogen and oxygen atoms in total. The number of benzene rings is 1. The van der Waals surface area contributed by atoms with E-state index in [4.69, 9.17) is 4.52 Å². The van der Waals surface area contributed by atoms with E-state index in [1.807, 2.05) is 25.1 Å². The van der Waals surface area contributed by atoms with Crippen LogP contribution in [-0.4, -0.2) is 16.0 Å². The molecule has 0 saturated heterocycles. The van der Waals surface area contributed by atoms with Gasteiger partial charge in [0.15, 0.2) is 0 Å². The molecule has 0 aliphatic rings. The Bertz CT molecular complexity index is 872. The first-order valence-corrected chi connectivity index (χ1v) is 8.21. The minimum absolute atomic E-state index is 0.122. The number of hydrogen-bond donors (Lipinski definition) is 1. The number of aromatic nitrogens is 2. The van der Waals surface area contributed by atoms with Gasteiger partial charge >= 0.3 is 0 Å². The molecule has 0 bridgehead atoms. The number of pyridine rings is 1. The lowest BCUT2D eigenvalue weighted by Crippen LogP contribution is -2.30. The summed E-state index contributed by atoms with van der Waals surface area (Å²) in [6, 6.07) is 11.6. The molecular weight excluding hydrogens is 314 g/mol. The van der Waals surface area contributed by atoms with E-state index in [1.54, 1.807) is 18.5 Å². The highest BCUT2D eigenvalue weighted by atomic mass is 16.5. The van der Waals surface area contributed by atoms with Gasteiger partial charge in [0.05, 0.1) is 18.2 Å². The second-order valence-electron chi connectivity index (χ2n) is 6.24. The third-order valence-corrected chi connectivity index (χ3v) is 4.20. The van der Waals surface area contributed by atoms with E-state index in [2.05, 4.69) is 41.4 Å². The molecule has 0 spiro atoms. The van der Waals surface area contributed by atoms with Crippen LogP contribution in [-0.2, 0) is 11.2 Å². The summed E-state index contributed by atoms with van der Waals surface area (Å²) in [4.78, 5) is 16.7. The van der Waals surface area contributed by atoms with Crippen LogP contribution in [0.2, 0.25) is 0 Å². The van der Waals surface area contributed by atoms with E-state index in [0.717, 1.165) is 16.8 Å². The Labute approximate surface area is 147 Å². The predicted octanol–water partition coefficient (Wildman–Crippen LogP) is 3.44. The lowest BCUT2D eigenvalue weighted by atomic mass is 9.96. The molecule has 1 aromatic carbocycles.